The van der Waals surface area contributed by atoms with Crippen LogP contribution in [0.2, 0.25) is 5.02 Å². The average molecular weight is 276 g/mol. The molecule has 4 nitrogen and oxygen atoms in total. The lowest BCUT2D eigenvalue weighted by Crippen LogP contribution is -2.25. The van der Waals surface area contributed by atoms with E-state index in [2.05, 4.69) is 4.72 Å². The van der Waals surface area contributed by atoms with Gasteiger partial charge in [-0.2, -0.15) is 0 Å². The van der Waals surface area contributed by atoms with Crippen molar-refractivity contribution in [3.8, 4) is 5.75 Å². The molecule has 0 radical (unpaired) electrons. The largest absolute Gasteiger partial charge is 0.504 e. The molecule has 1 saturated carbocycles. The van der Waals surface area contributed by atoms with Crippen molar-refractivity contribution in [2.75, 3.05) is 4.72 Å². The van der Waals surface area contributed by atoms with E-state index in [1.165, 1.54) is 12.1 Å². The standard InChI is InChI=1S/C11H14ClNO3S/c12-9-6-3-7-10(11(9)14)13-17(15,16)8-4-1-2-5-8/h3,6-8,13-14H,1-2,4-5H2. The van der Waals surface area contributed by atoms with Crippen LogP contribution in [0.25, 0.3) is 0 Å². The Labute approximate surface area is 106 Å². The second-order valence-corrected chi connectivity index (χ2v) is 6.56. The van der Waals surface area contributed by atoms with Crippen molar-refractivity contribution in [2.45, 2.75) is 30.9 Å². The van der Waals surface area contributed by atoms with Gasteiger partial charge in [0.2, 0.25) is 10.0 Å². The molecule has 6 heteroatoms. The molecule has 17 heavy (non-hydrogen) atoms. The summed E-state index contributed by atoms with van der Waals surface area (Å²) in [6, 6.07) is 4.59. The third-order valence-electron chi connectivity index (χ3n) is 2.98. The number of nitrogens with one attached hydrogen (secondary N) is 1. The van der Waals surface area contributed by atoms with Gasteiger partial charge in [-0.1, -0.05) is 30.5 Å². The van der Waals surface area contributed by atoms with Crippen molar-refractivity contribution in [3.05, 3.63) is 23.2 Å². The van der Waals surface area contributed by atoms with Crippen molar-refractivity contribution in [3.63, 3.8) is 0 Å². The number of hydrogen-bond donors (Lipinski definition) is 2. The molecule has 1 aromatic rings. The van der Waals surface area contributed by atoms with E-state index >= 15 is 0 Å². The highest BCUT2D eigenvalue weighted by molar-refractivity contribution is 7.93. The molecule has 0 spiro atoms. The van der Waals surface area contributed by atoms with Crippen LogP contribution in [0.5, 0.6) is 5.75 Å². The first-order chi connectivity index (χ1) is 8.00. The Kier molecular flexibility index (Phi) is 3.49. The summed E-state index contributed by atoms with van der Waals surface area (Å²) in [5, 5.41) is 9.42. The van der Waals surface area contributed by atoms with Gasteiger partial charge in [0.25, 0.3) is 0 Å². The lowest BCUT2D eigenvalue weighted by Gasteiger charge is -2.14. The van der Waals surface area contributed by atoms with Gasteiger partial charge in [0.15, 0.2) is 5.75 Å². The van der Waals surface area contributed by atoms with Crippen LogP contribution in [-0.4, -0.2) is 18.8 Å². The molecule has 0 atom stereocenters. The normalized spacial score (nSPS) is 17.2. The zero-order valence-electron chi connectivity index (χ0n) is 9.19. The van der Waals surface area contributed by atoms with Gasteiger partial charge >= 0.3 is 0 Å². The van der Waals surface area contributed by atoms with Crippen LogP contribution in [0.1, 0.15) is 25.7 Å². The molecule has 0 aliphatic heterocycles. The smallest absolute Gasteiger partial charge is 0.235 e. The molecule has 94 valence electrons. The maximum atomic E-state index is 12.0. The lowest BCUT2D eigenvalue weighted by molar-refractivity contribution is 0.478. The number of phenols is 1. The number of phenolic OH excluding ortho intramolecular Hbond substituents is 1. The lowest BCUT2D eigenvalue weighted by atomic mass is 10.3. The molecule has 0 unspecified atom stereocenters. The van der Waals surface area contributed by atoms with E-state index < -0.39 is 10.0 Å². The van der Waals surface area contributed by atoms with Crippen molar-refractivity contribution < 1.29 is 13.5 Å². The van der Waals surface area contributed by atoms with Gasteiger partial charge in [0.05, 0.1) is 16.0 Å². The molecule has 2 rings (SSSR count). The first-order valence-corrected chi connectivity index (χ1v) is 7.42. The van der Waals surface area contributed by atoms with Crippen LogP contribution in [-0.2, 0) is 10.0 Å². The summed E-state index contributed by atoms with van der Waals surface area (Å²) >= 11 is 5.72. The van der Waals surface area contributed by atoms with Gasteiger partial charge in [-0.3, -0.25) is 4.72 Å². The fourth-order valence-corrected chi connectivity index (χ4v) is 3.80. The number of benzene rings is 1. The number of sulfonamides is 1. The summed E-state index contributed by atoms with van der Waals surface area (Å²) in [5.74, 6) is -0.226. The van der Waals surface area contributed by atoms with E-state index in [1.54, 1.807) is 6.07 Å². The molecular formula is C11H14ClNO3S. The molecule has 0 heterocycles. The first-order valence-electron chi connectivity index (χ1n) is 5.50. The topological polar surface area (TPSA) is 66.4 Å². The molecule has 1 aliphatic rings. The van der Waals surface area contributed by atoms with Crippen LogP contribution in [0, 0.1) is 0 Å². The summed E-state index contributed by atoms with van der Waals surface area (Å²) in [5.41, 5.74) is 0.143. The fraction of sp³-hybridized carbons (Fsp3) is 0.455. The Morgan fingerprint density at radius 3 is 2.59 bits per heavy atom. The van der Waals surface area contributed by atoms with Gasteiger partial charge in [0, 0.05) is 0 Å². The minimum Gasteiger partial charge on any atom is -0.504 e. The van der Waals surface area contributed by atoms with Crippen molar-refractivity contribution >= 4 is 27.3 Å². The maximum absolute atomic E-state index is 12.0. The van der Waals surface area contributed by atoms with Gasteiger partial charge in [0.1, 0.15) is 0 Å². The Morgan fingerprint density at radius 1 is 1.29 bits per heavy atom. The average Bonchev–Trinajstić information content (AvgIpc) is 2.78. The third kappa shape index (κ3) is 2.66. The van der Waals surface area contributed by atoms with Crippen molar-refractivity contribution in [1.82, 2.24) is 0 Å². The van der Waals surface area contributed by atoms with E-state index in [-0.39, 0.29) is 21.7 Å². The number of anilines is 1. The Balaban J connectivity index is 2.23. The van der Waals surface area contributed by atoms with Gasteiger partial charge in [-0.15, -0.1) is 0 Å². The van der Waals surface area contributed by atoms with Gasteiger partial charge in [-0.25, -0.2) is 8.42 Å². The highest BCUT2D eigenvalue weighted by Crippen LogP contribution is 2.33. The van der Waals surface area contributed by atoms with Crippen molar-refractivity contribution in [2.24, 2.45) is 0 Å². The zero-order valence-corrected chi connectivity index (χ0v) is 10.8. The second-order valence-electron chi connectivity index (χ2n) is 4.19. The summed E-state index contributed by atoms with van der Waals surface area (Å²) in [6.07, 6.45) is 3.23. The van der Waals surface area contributed by atoms with E-state index in [9.17, 15) is 13.5 Å². The van der Waals surface area contributed by atoms with Crippen LogP contribution in [0.3, 0.4) is 0 Å². The monoisotopic (exact) mass is 275 g/mol. The minimum atomic E-state index is -3.42. The Bertz CT molecular complexity index is 509. The van der Waals surface area contributed by atoms with Gasteiger partial charge in [-0.05, 0) is 25.0 Å². The summed E-state index contributed by atoms with van der Waals surface area (Å²) in [4.78, 5) is 0. The summed E-state index contributed by atoms with van der Waals surface area (Å²) < 4.78 is 26.4. The maximum Gasteiger partial charge on any atom is 0.235 e. The third-order valence-corrected chi connectivity index (χ3v) is 5.14. The Hall–Kier alpha value is -0.940. The van der Waals surface area contributed by atoms with E-state index in [0.29, 0.717) is 12.8 Å². The minimum absolute atomic E-state index is 0.136. The van der Waals surface area contributed by atoms with Crippen LogP contribution in [0.4, 0.5) is 5.69 Å². The quantitative estimate of drug-likeness (QED) is 0.834. The number of rotatable bonds is 3. The molecular weight excluding hydrogens is 262 g/mol. The Morgan fingerprint density at radius 2 is 1.94 bits per heavy atom. The summed E-state index contributed by atoms with van der Waals surface area (Å²) in [7, 11) is -3.42. The number of hydrogen-bond acceptors (Lipinski definition) is 3. The molecule has 0 saturated heterocycles. The number of para-hydroxylation sites is 1. The second kappa shape index (κ2) is 4.74. The SMILES string of the molecule is O=S(=O)(Nc1cccc(Cl)c1O)C1CCCC1. The molecule has 1 aliphatic carbocycles. The van der Waals surface area contributed by atoms with E-state index in [4.69, 9.17) is 11.6 Å². The molecule has 0 aromatic heterocycles. The van der Waals surface area contributed by atoms with Crippen molar-refractivity contribution in [1.29, 1.82) is 0 Å². The van der Waals surface area contributed by atoms with E-state index in [1.807, 2.05) is 0 Å². The van der Waals surface area contributed by atoms with Crippen LogP contribution < -0.4 is 4.72 Å². The van der Waals surface area contributed by atoms with Crippen LogP contribution in [0.15, 0.2) is 18.2 Å². The number of halogens is 1. The molecule has 1 aromatic carbocycles. The molecule has 2 N–H and O–H groups in total. The molecule has 0 amide bonds. The zero-order chi connectivity index (χ0) is 12.5. The predicted molar refractivity (Wildman–Crippen MR) is 67.9 cm³/mol. The van der Waals surface area contributed by atoms with Crippen LogP contribution >= 0.6 is 11.6 Å². The number of aromatic hydroxyl groups is 1. The predicted octanol–water partition coefficient (Wildman–Crippen LogP) is 2.73. The van der Waals surface area contributed by atoms with Gasteiger partial charge < -0.3 is 5.11 Å². The molecule has 0 bridgehead atoms. The summed E-state index contributed by atoms with van der Waals surface area (Å²) in [6.45, 7) is 0. The highest BCUT2D eigenvalue weighted by Gasteiger charge is 2.29. The highest BCUT2D eigenvalue weighted by atomic mass is 35.5. The first kappa shape index (κ1) is 12.5. The fourth-order valence-electron chi connectivity index (χ4n) is 2.03. The molecule has 1 fully saturated rings. The van der Waals surface area contributed by atoms with E-state index in [0.717, 1.165) is 12.8 Å².